The number of pyridine rings is 1. The highest BCUT2D eigenvalue weighted by atomic mass is 16.1. The Hall–Kier alpha value is -4.14. The van der Waals surface area contributed by atoms with Gasteiger partial charge in [0.25, 0.3) is 5.56 Å². The Morgan fingerprint density at radius 3 is 2.78 bits per heavy atom. The molecule has 162 valence electrons. The maximum absolute atomic E-state index is 13.5. The molecular weight excluding hydrogens is 406 g/mol. The third kappa shape index (κ3) is 3.92. The molecule has 0 unspecified atom stereocenters. The normalized spacial score (nSPS) is 12.0. The van der Waals surface area contributed by atoms with Gasteiger partial charge in [-0.1, -0.05) is 12.6 Å². The summed E-state index contributed by atoms with van der Waals surface area (Å²) in [4.78, 5) is 32.9. The summed E-state index contributed by atoms with van der Waals surface area (Å²) >= 11 is 0. The molecule has 0 aliphatic carbocycles. The molecule has 3 aromatic rings. The Labute approximate surface area is 184 Å². The minimum atomic E-state index is -0.293. The minimum absolute atomic E-state index is 0.237. The van der Waals surface area contributed by atoms with E-state index in [0.717, 1.165) is 16.8 Å². The Bertz CT molecular complexity index is 1380. The second-order valence-corrected chi connectivity index (χ2v) is 7.43. The van der Waals surface area contributed by atoms with Crippen LogP contribution >= 0.6 is 0 Å². The molecule has 0 spiro atoms. The van der Waals surface area contributed by atoms with E-state index < -0.39 is 0 Å². The highest BCUT2D eigenvalue weighted by Crippen LogP contribution is 2.14. The number of hydrogen-bond acceptors (Lipinski definition) is 7. The van der Waals surface area contributed by atoms with Crippen LogP contribution in [0, 0.1) is 6.92 Å². The van der Waals surface area contributed by atoms with Crippen molar-refractivity contribution in [1.82, 2.24) is 19.9 Å². The van der Waals surface area contributed by atoms with Crippen LogP contribution in [0.15, 0.2) is 51.7 Å². The van der Waals surface area contributed by atoms with E-state index in [9.17, 15) is 9.59 Å². The Balaban J connectivity index is 1.78. The van der Waals surface area contributed by atoms with E-state index >= 15 is 0 Å². The zero-order chi connectivity index (χ0) is 22.7. The summed E-state index contributed by atoms with van der Waals surface area (Å²) in [6, 6.07) is 7.57. The molecule has 0 saturated carbocycles. The molecular formula is C23H23N7O2. The standard InChI is InChI=1S/C23H23N7O2/c1-14-11-27-22(26-9-7-18-6-4-5-8-25-18)23(32)30(14)21-15(2)17(12-24-13-31)10-19-20(21)16(3)28-29-19/h4-6,8,10-11,13H,2,7,9,12H2,1,3H3,(H,24,31)(H,26,27). The largest absolute Gasteiger partial charge is 0.365 e. The summed E-state index contributed by atoms with van der Waals surface area (Å²) in [7, 11) is 0. The van der Waals surface area contributed by atoms with Gasteiger partial charge in [0.1, 0.15) is 0 Å². The number of hydrogen-bond donors (Lipinski definition) is 2. The van der Waals surface area contributed by atoms with Gasteiger partial charge in [0, 0.05) is 48.9 Å². The zero-order valence-corrected chi connectivity index (χ0v) is 17.9. The number of rotatable bonds is 8. The molecule has 0 radical (unpaired) electrons. The topological polar surface area (TPSA) is 114 Å². The van der Waals surface area contributed by atoms with Gasteiger partial charge in [-0.2, -0.15) is 10.2 Å². The monoisotopic (exact) mass is 429 g/mol. The van der Waals surface area contributed by atoms with Crippen LogP contribution in [0.3, 0.4) is 0 Å². The number of anilines is 1. The first kappa shape index (κ1) is 21.1. The van der Waals surface area contributed by atoms with Crippen LogP contribution < -0.4 is 26.8 Å². The van der Waals surface area contributed by atoms with E-state index in [2.05, 4.69) is 37.4 Å². The van der Waals surface area contributed by atoms with Gasteiger partial charge in [0.15, 0.2) is 5.82 Å². The molecule has 1 amide bonds. The molecule has 1 aliphatic rings. The van der Waals surface area contributed by atoms with E-state index in [1.807, 2.05) is 38.1 Å². The van der Waals surface area contributed by atoms with Crippen molar-refractivity contribution in [3.8, 4) is 5.69 Å². The highest BCUT2D eigenvalue weighted by molar-refractivity contribution is 6.02. The zero-order valence-electron chi connectivity index (χ0n) is 17.9. The van der Waals surface area contributed by atoms with Gasteiger partial charge in [-0.15, -0.1) is 0 Å². The summed E-state index contributed by atoms with van der Waals surface area (Å²) in [6.45, 7) is 8.65. The van der Waals surface area contributed by atoms with Crippen molar-refractivity contribution < 1.29 is 4.79 Å². The molecule has 9 heteroatoms. The summed E-state index contributed by atoms with van der Waals surface area (Å²) in [5.74, 6) is 0.237. The van der Waals surface area contributed by atoms with E-state index in [4.69, 9.17) is 0 Å². The summed E-state index contributed by atoms with van der Waals surface area (Å²) < 4.78 is 1.58. The first-order valence-corrected chi connectivity index (χ1v) is 10.2. The number of fused-ring (bicyclic) bond motifs is 1. The molecule has 0 bridgehead atoms. The average Bonchev–Trinajstić information content (AvgIpc) is 3.16. The SMILES string of the molecule is C=c1c(CNC=O)cc2c(c1-n1c(C)cnc(NCCc3ccccn3)c1=O)C(C)=NN=2. The first-order valence-electron chi connectivity index (χ1n) is 10.2. The fourth-order valence-electron chi connectivity index (χ4n) is 3.71. The Kier molecular flexibility index (Phi) is 5.89. The molecule has 9 nitrogen and oxygen atoms in total. The summed E-state index contributed by atoms with van der Waals surface area (Å²) in [5, 5.41) is 15.5. The van der Waals surface area contributed by atoms with E-state index in [-0.39, 0.29) is 17.9 Å². The molecule has 0 fully saturated rings. The number of carbonyl (C=O) groups is 1. The van der Waals surface area contributed by atoms with Crippen LogP contribution in [0.1, 0.15) is 29.4 Å². The van der Waals surface area contributed by atoms with Gasteiger partial charge >= 0.3 is 0 Å². The predicted molar refractivity (Wildman–Crippen MR) is 122 cm³/mol. The third-order valence-corrected chi connectivity index (χ3v) is 5.28. The lowest BCUT2D eigenvalue weighted by atomic mass is 10.0. The van der Waals surface area contributed by atoms with Crippen LogP contribution in [0.4, 0.5) is 5.82 Å². The van der Waals surface area contributed by atoms with Crippen LogP contribution in [0.25, 0.3) is 12.3 Å². The second-order valence-electron chi connectivity index (χ2n) is 7.43. The van der Waals surface area contributed by atoms with Crippen molar-refractivity contribution in [2.75, 3.05) is 11.9 Å². The van der Waals surface area contributed by atoms with Crippen molar-refractivity contribution in [3.05, 3.63) is 80.1 Å². The number of aromatic nitrogens is 3. The van der Waals surface area contributed by atoms with Crippen molar-refractivity contribution in [3.63, 3.8) is 0 Å². The second kappa shape index (κ2) is 8.93. The minimum Gasteiger partial charge on any atom is -0.365 e. The lowest BCUT2D eigenvalue weighted by Crippen LogP contribution is -2.35. The molecule has 32 heavy (non-hydrogen) atoms. The molecule has 2 aromatic heterocycles. The summed E-state index contributed by atoms with van der Waals surface area (Å²) in [6.07, 6.45) is 4.66. The van der Waals surface area contributed by atoms with Crippen molar-refractivity contribution in [1.29, 1.82) is 0 Å². The predicted octanol–water partition coefficient (Wildman–Crippen LogP) is 0.604. The van der Waals surface area contributed by atoms with Crippen LogP contribution in [-0.2, 0) is 17.8 Å². The number of nitrogens with one attached hydrogen (secondary N) is 2. The van der Waals surface area contributed by atoms with E-state index in [0.29, 0.717) is 47.0 Å². The van der Waals surface area contributed by atoms with Crippen LogP contribution in [0.2, 0.25) is 0 Å². The maximum atomic E-state index is 13.5. The van der Waals surface area contributed by atoms with Gasteiger partial charge in [-0.25, -0.2) is 4.98 Å². The number of nitrogens with zero attached hydrogens (tertiary/aromatic N) is 5. The lowest BCUT2D eigenvalue weighted by molar-refractivity contribution is -0.109. The maximum Gasteiger partial charge on any atom is 0.298 e. The third-order valence-electron chi connectivity index (χ3n) is 5.28. The van der Waals surface area contributed by atoms with Crippen molar-refractivity contribution >= 4 is 24.5 Å². The molecule has 1 aromatic carbocycles. The first-order chi connectivity index (χ1) is 15.5. The fourth-order valence-corrected chi connectivity index (χ4v) is 3.71. The average molecular weight is 429 g/mol. The summed E-state index contributed by atoms with van der Waals surface area (Å²) in [5.41, 5.74) is 4.09. The van der Waals surface area contributed by atoms with Gasteiger partial charge in [0.05, 0.1) is 16.8 Å². The molecule has 1 aliphatic heterocycles. The van der Waals surface area contributed by atoms with Crippen LogP contribution in [0.5, 0.6) is 0 Å². The van der Waals surface area contributed by atoms with Crippen LogP contribution in [-0.4, -0.2) is 33.2 Å². The number of benzene rings is 1. The highest BCUT2D eigenvalue weighted by Gasteiger charge is 2.21. The Morgan fingerprint density at radius 1 is 1.19 bits per heavy atom. The lowest BCUT2D eigenvalue weighted by Gasteiger charge is -2.17. The Morgan fingerprint density at radius 2 is 2.03 bits per heavy atom. The number of carbonyl (C=O) groups excluding carboxylic acids is 1. The number of aryl methyl sites for hydroxylation is 1. The van der Waals surface area contributed by atoms with Crippen molar-refractivity contribution in [2.24, 2.45) is 10.2 Å². The fraction of sp³-hybridized carbons (Fsp3) is 0.217. The van der Waals surface area contributed by atoms with Gasteiger partial charge in [-0.3, -0.25) is 19.1 Å². The number of amides is 1. The smallest absolute Gasteiger partial charge is 0.298 e. The van der Waals surface area contributed by atoms with Gasteiger partial charge < -0.3 is 10.6 Å². The van der Waals surface area contributed by atoms with Gasteiger partial charge in [-0.05, 0) is 42.8 Å². The molecule has 4 rings (SSSR count). The van der Waals surface area contributed by atoms with E-state index in [1.54, 1.807) is 17.0 Å². The molecule has 3 heterocycles. The van der Waals surface area contributed by atoms with E-state index in [1.165, 1.54) is 0 Å². The van der Waals surface area contributed by atoms with Crippen molar-refractivity contribution in [2.45, 2.75) is 26.8 Å². The molecule has 2 N–H and O–H groups in total. The molecule has 0 saturated heterocycles. The van der Waals surface area contributed by atoms with Gasteiger partial charge in [0.2, 0.25) is 6.41 Å². The molecule has 0 atom stereocenters. The quantitative estimate of drug-likeness (QED) is 0.509.